The normalized spacial score (nSPS) is 25.4. The van der Waals surface area contributed by atoms with Crippen LogP contribution in [0.3, 0.4) is 0 Å². The van der Waals surface area contributed by atoms with E-state index in [4.69, 9.17) is 0 Å². The zero-order valence-electron chi connectivity index (χ0n) is 12.2. The van der Waals surface area contributed by atoms with E-state index in [0.29, 0.717) is 5.04 Å². The molecular weight excluding hydrogens is 220 g/mol. The SMILES string of the molecule is CC(C)(C)[Si](C1CCCCC1)C1CCCCC1. The lowest BCUT2D eigenvalue weighted by Gasteiger charge is -2.44. The maximum atomic E-state index is 2.55. The Labute approximate surface area is 110 Å². The molecule has 0 nitrogen and oxygen atoms in total. The Kier molecular flexibility index (Phi) is 4.74. The van der Waals surface area contributed by atoms with Crippen molar-refractivity contribution >= 4 is 8.80 Å². The van der Waals surface area contributed by atoms with Crippen LogP contribution >= 0.6 is 0 Å². The predicted molar refractivity (Wildman–Crippen MR) is 79.1 cm³/mol. The summed E-state index contributed by atoms with van der Waals surface area (Å²) in [5.74, 6) is 0. The molecule has 99 valence electrons. The molecule has 0 unspecified atom stereocenters. The highest BCUT2D eigenvalue weighted by Crippen LogP contribution is 2.50. The molecule has 0 aromatic carbocycles. The van der Waals surface area contributed by atoms with Gasteiger partial charge in [0.1, 0.15) is 0 Å². The van der Waals surface area contributed by atoms with Crippen molar-refractivity contribution in [1.29, 1.82) is 0 Å². The van der Waals surface area contributed by atoms with Crippen LogP contribution in [0, 0.1) is 0 Å². The molecule has 0 heterocycles. The van der Waals surface area contributed by atoms with Gasteiger partial charge in [0.15, 0.2) is 0 Å². The Morgan fingerprint density at radius 2 is 1.00 bits per heavy atom. The Bertz CT molecular complexity index is 198. The summed E-state index contributed by atoms with van der Waals surface area (Å²) in [5.41, 5.74) is 2.30. The van der Waals surface area contributed by atoms with E-state index in [1.54, 1.807) is 25.7 Å². The van der Waals surface area contributed by atoms with Gasteiger partial charge in [0.2, 0.25) is 0 Å². The van der Waals surface area contributed by atoms with E-state index in [0.717, 1.165) is 11.1 Å². The average molecular weight is 252 g/mol. The van der Waals surface area contributed by atoms with Crippen LogP contribution in [0.2, 0.25) is 16.1 Å². The van der Waals surface area contributed by atoms with Crippen LogP contribution in [0.5, 0.6) is 0 Å². The molecule has 2 rings (SSSR count). The van der Waals surface area contributed by atoms with E-state index in [-0.39, 0.29) is 8.80 Å². The minimum Gasteiger partial charge on any atom is -0.0627 e. The number of rotatable bonds is 2. The average Bonchev–Trinajstić information content (AvgIpc) is 2.30. The van der Waals surface area contributed by atoms with Gasteiger partial charge in [0.05, 0.1) is 8.80 Å². The molecule has 17 heavy (non-hydrogen) atoms. The third-order valence-corrected chi connectivity index (χ3v) is 9.60. The minimum absolute atomic E-state index is 0.161. The minimum atomic E-state index is -0.161. The van der Waals surface area contributed by atoms with E-state index >= 15 is 0 Å². The van der Waals surface area contributed by atoms with Gasteiger partial charge < -0.3 is 0 Å². The van der Waals surface area contributed by atoms with E-state index in [1.807, 2.05) is 0 Å². The van der Waals surface area contributed by atoms with E-state index in [2.05, 4.69) is 20.8 Å². The summed E-state index contributed by atoms with van der Waals surface area (Å²) in [6, 6.07) is 0. The van der Waals surface area contributed by atoms with E-state index in [9.17, 15) is 0 Å². The van der Waals surface area contributed by atoms with Gasteiger partial charge in [0.25, 0.3) is 0 Å². The van der Waals surface area contributed by atoms with Gasteiger partial charge >= 0.3 is 0 Å². The van der Waals surface area contributed by atoms with Crippen molar-refractivity contribution in [1.82, 2.24) is 0 Å². The van der Waals surface area contributed by atoms with Crippen molar-refractivity contribution in [2.75, 3.05) is 0 Å². The molecule has 1 heteroatoms. The molecule has 1 radical (unpaired) electrons. The highest BCUT2D eigenvalue weighted by Gasteiger charge is 2.40. The summed E-state index contributed by atoms with van der Waals surface area (Å²) in [6.07, 6.45) is 15.4. The van der Waals surface area contributed by atoms with Gasteiger partial charge in [-0.05, 0) is 16.1 Å². The summed E-state index contributed by atoms with van der Waals surface area (Å²) in [6.45, 7) is 7.64. The van der Waals surface area contributed by atoms with Crippen LogP contribution in [0.25, 0.3) is 0 Å². The molecule has 0 aromatic heterocycles. The fourth-order valence-corrected chi connectivity index (χ4v) is 9.56. The van der Waals surface area contributed by atoms with Crippen LogP contribution in [-0.4, -0.2) is 8.80 Å². The van der Waals surface area contributed by atoms with Crippen LogP contribution in [0.15, 0.2) is 0 Å². The van der Waals surface area contributed by atoms with Crippen molar-refractivity contribution in [2.24, 2.45) is 0 Å². The third-order valence-electron chi connectivity index (χ3n) is 4.96. The lowest BCUT2D eigenvalue weighted by atomic mass is 9.99. The van der Waals surface area contributed by atoms with Gasteiger partial charge in [-0.15, -0.1) is 0 Å². The van der Waals surface area contributed by atoms with Crippen molar-refractivity contribution in [2.45, 2.75) is 101 Å². The molecular formula is C16H31Si. The first-order chi connectivity index (χ1) is 8.09. The second kappa shape index (κ2) is 5.91. The molecule has 2 fully saturated rings. The van der Waals surface area contributed by atoms with Crippen molar-refractivity contribution in [3.05, 3.63) is 0 Å². The fraction of sp³-hybridized carbons (Fsp3) is 1.00. The van der Waals surface area contributed by atoms with Gasteiger partial charge in [-0.25, -0.2) is 0 Å². The molecule has 0 N–H and O–H groups in total. The summed E-state index contributed by atoms with van der Waals surface area (Å²) in [4.78, 5) is 0. The second-order valence-electron chi connectivity index (χ2n) is 7.38. The van der Waals surface area contributed by atoms with E-state index < -0.39 is 0 Å². The first-order valence-corrected chi connectivity index (χ1v) is 9.62. The van der Waals surface area contributed by atoms with Gasteiger partial charge in [-0.3, -0.25) is 0 Å². The monoisotopic (exact) mass is 251 g/mol. The van der Waals surface area contributed by atoms with Gasteiger partial charge in [0, 0.05) is 0 Å². The molecule has 0 amide bonds. The molecule has 0 bridgehead atoms. The molecule has 2 aliphatic rings. The Balaban J connectivity index is 2.06. The summed E-state index contributed by atoms with van der Waals surface area (Å²) in [7, 11) is -0.161. The zero-order chi connectivity index (χ0) is 12.3. The molecule has 0 atom stereocenters. The molecule has 2 aliphatic carbocycles. The quantitative estimate of drug-likeness (QED) is 0.532. The standard InChI is InChI=1S/C16H31Si/c1-16(2,3)17(14-10-6-4-7-11-14)15-12-8-5-9-13-15/h14-15H,4-13H2,1-3H3. The summed E-state index contributed by atoms with van der Waals surface area (Å²) in [5, 5.41) is 0.634. The summed E-state index contributed by atoms with van der Waals surface area (Å²) < 4.78 is 0. The second-order valence-corrected chi connectivity index (χ2v) is 11.4. The van der Waals surface area contributed by atoms with Crippen molar-refractivity contribution < 1.29 is 0 Å². The van der Waals surface area contributed by atoms with Crippen LogP contribution < -0.4 is 0 Å². The van der Waals surface area contributed by atoms with Crippen LogP contribution in [0.4, 0.5) is 0 Å². The van der Waals surface area contributed by atoms with Crippen molar-refractivity contribution in [3.63, 3.8) is 0 Å². The molecule has 0 aliphatic heterocycles. The van der Waals surface area contributed by atoms with Crippen molar-refractivity contribution in [3.8, 4) is 0 Å². The zero-order valence-corrected chi connectivity index (χ0v) is 13.2. The highest BCUT2D eigenvalue weighted by atomic mass is 28.3. The number of hydrogen-bond acceptors (Lipinski definition) is 0. The molecule has 0 aromatic rings. The maximum absolute atomic E-state index is 2.55. The van der Waals surface area contributed by atoms with Gasteiger partial charge in [-0.1, -0.05) is 85.0 Å². The maximum Gasteiger partial charge on any atom is 0.0603 e. The predicted octanol–water partition coefficient (Wildman–Crippen LogP) is 5.95. The van der Waals surface area contributed by atoms with E-state index in [1.165, 1.54) is 38.5 Å². The Morgan fingerprint density at radius 3 is 1.29 bits per heavy atom. The Hall–Kier alpha value is 0.217. The lowest BCUT2D eigenvalue weighted by Crippen LogP contribution is -2.37. The molecule has 0 saturated heterocycles. The lowest BCUT2D eigenvalue weighted by molar-refractivity contribution is 0.445. The fourth-order valence-electron chi connectivity index (χ4n) is 4.39. The topological polar surface area (TPSA) is 0 Å². The smallest absolute Gasteiger partial charge is 0.0603 e. The van der Waals surface area contributed by atoms with Crippen LogP contribution in [-0.2, 0) is 0 Å². The molecule has 2 saturated carbocycles. The first kappa shape index (κ1) is 13.6. The largest absolute Gasteiger partial charge is 0.0627 e. The summed E-state index contributed by atoms with van der Waals surface area (Å²) >= 11 is 0. The molecule has 0 spiro atoms. The first-order valence-electron chi connectivity index (χ1n) is 7.96. The Morgan fingerprint density at radius 1 is 0.647 bits per heavy atom. The van der Waals surface area contributed by atoms with Gasteiger partial charge in [-0.2, -0.15) is 0 Å². The number of hydrogen-bond donors (Lipinski definition) is 0. The highest BCUT2D eigenvalue weighted by molar-refractivity contribution is 6.65. The third kappa shape index (κ3) is 3.59. The van der Waals surface area contributed by atoms with Crippen LogP contribution in [0.1, 0.15) is 85.0 Å².